The summed E-state index contributed by atoms with van der Waals surface area (Å²) in [6.45, 7) is 0.490. The lowest BCUT2D eigenvalue weighted by atomic mass is 10.2. The van der Waals surface area contributed by atoms with Crippen LogP contribution in [0.5, 0.6) is 5.75 Å². The van der Waals surface area contributed by atoms with Crippen LogP contribution in [0.3, 0.4) is 0 Å². The molecule has 2 N–H and O–H groups in total. The summed E-state index contributed by atoms with van der Waals surface area (Å²) in [6, 6.07) is 9.54. The van der Waals surface area contributed by atoms with Crippen molar-refractivity contribution in [1.82, 2.24) is 14.6 Å². The third-order valence-corrected chi connectivity index (χ3v) is 3.95. The minimum absolute atomic E-state index is 0.00348. The van der Waals surface area contributed by atoms with Crippen LogP contribution in [-0.4, -0.2) is 34.0 Å². The molecule has 1 aromatic carbocycles. The number of ketones is 1. The molecule has 0 saturated heterocycles. The standard InChI is InChI=1S/C17H17N5O2/c1-18-13-9-16-20-11-4-2-5-12(8-11)24-7-3-6-15(23)14-10-19-17(13)22(14)21-16/h2,4-5,8-10,18H,3,6-7H2,1H3,(H,20,21). The van der Waals surface area contributed by atoms with Gasteiger partial charge in [-0.3, -0.25) is 4.79 Å². The first-order chi connectivity index (χ1) is 11.7. The normalized spacial score (nSPS) is 14.3. The molecule has 0 radical (unpaired) electrons. The summed E-state index contributed by atoms with van der Waals surface area (Å²) < 4.78 is 7.32. The molecule has 7 nitrogen and oxygen atoms in total. The van der Waals surface area contributed by atoms with Crippen molar-refractivity contribution >= 4 is 28.6 Å². The first kappa shape index (κ1) is 14.5. The number of nitrogens with zero attached hydrogens (tertiary/aromatic N) is 3. The smallest absolute Gasteiger partial charge is 0.183 e. The summed E-state index contributed by atoms with van der Waals surface area (Å²) in [6.07, 6.45) is 2.61. The Morgan fingerprint density at radius 2 is 2.25 bits per heavy atom. The topological polar surface area (TPSA) is 80.5 Å². The zero-order valence-electron chi connectivity index (χ0n) is 13.2. The molecule has 0 amide bonds. The van der Waals surface area contributed by atoms with E-state index >= 15 is 0 Å². The van der Waals surface area contributed by atoms with Crippen molar-refractivity contribution in [3.8, 4) is 5.75 Å². The second kappa shape index (κ2) is 5.84. The summed E-state index contributed by atoms with van der Waals surface area (Å²) in [5, 5.41) is 10.9. The number of aromatic nitrogens is 3. The minimum atomic E-state index is 0.00348. The number of carbonyl (C=O) groups excluding carboxylic acids is 1. The molecule has 4 rings (SSSR count). The van der Waals surface area contributed by atoms with E-state index in [4.69, 9.17) is 4.74 Å². The van der Waals surface area contributed by atoms with E-state index < -0.39 is 0 Å². The van der Waals surface area contributed by atoms with Crippen molar-refractivity contribution in [2.45, 2.75) is 12.8 Å². The largest absolute Gasteiger partial charge is 0.494 e. The van der Waals surface area contributed by atoms with Gasteiger partial charge in [0.2, 0.25) is 0 Å². The molecule has 0 atom stereocenters. The zero-order valence-corrected chi connectivity index (χ0v) is 13.2. The number of fused-ring (bicyclic) bond motifs is 3. The molecule has 0 unspecified atom stereocenters. The van der Waals surface area contributed by atoms with Crippen molar-refractivity contribution in [1.29, 1.82) is 0 Å². The lowest BCUT2D eigenvalue weighted by Crippen LogP contribution is -2.09. The summed E-state index contributed by atoms with van der Waals surface area (Å²) >= 11 is 0. The molecule has 1 aliphatic rings. The average molecular weight is 323 g/mol. The Bertz CT molecular complexity index is 918. The van der Waals surface area contributed by atoms with E-state index in [-0.39, 0.29) is 5.78 Å². The Morgan fingerprint density at radius 3 is 3.12 bits per heavy atom. The van der Waals surface area contributed by atoms with Gasteiger partial charge in [-0.2, -0.15) is 0 Å². The number of carbonyl (C=O) groups is 1. The fraction of sp³-hybridized carbons (Fsp3) is 0.235. The molecular formula is C17H17N5O2. The van der Waals surface area contributed by atoms with Crippen LogP contribution in [0.4, 0.5) is 17.2 Å². The Labute approximate surface area is 138 Å². The molecule has 0 saturated carbocycles. The minimum Gasteiger partial charge on any atom is -0.494 e. The van der Waals surface area contributed by atoms with Gasteiger partial charge in [-0.1, -0.05) is 6.07 Å². The van der Waals surface area contributed by atoms with Gasteiger partial charge in [-0.15, -0.1) is 5.10 Å². The van der Waals surface area contributed by atoms with E-state index in [1.807, 2.05) is 37.4 Å². The highest BCUT2D eigenvalue weighted by molar-refractivity contribution is 5.95. The molecule has 0 spiro atoms. The lowest BCUT2D eigenvalue weighted by Gasteiger charge is -2.10. The second-order valence-electron chi connectivity index (χ2n) is 5.60. The highest BCUT2D eigenvalue weighted by Gasteiger charge is 2.17. The molecule has 0 aliphatic carbocycles. The molecule has 122 valence electrons. The Kier molecular flexibility index (Phi) is 3.53. The number of hydrogen-bond acceptors (Lipinski definition) is 6. The molecule has 2 aromatic heterocycles. The van der Waals surface area contributed by atoms with Crippen molar-refractivity contribution in [3.63, 3.8) is 0 Å². The Balaban J connectivity index is 1.88. The number of nitrogens with one attached hydrogen (secondary N) is 2. The maximum Gasteiger partial charge on any atom is 0.183 e. The van der Waals surface area contributed by atoms with Crippen LogP contribution < -0.4 is 15.4 Å². The highest BCUT2D eigenvalue weighted by atomic mass is 16.5. The maximum atomic E-state index is 12.5. The van der Waals surface area contributed by atoms with Gasteiger partial charge in [-0.25, -0.2) is 9.50 Å². The van der Waals surface area contributed by atoms with Crippen molar-refractivity contribution in [3.05, 3.63) is 42.2 Å². The number of ether oxygens (including phenoxy) is 1. The number of rotatable bonds is 1. The second-order valence-corrected chi connectivity index (χ2v) is 5.60. The molecule has 24 heavy (non-hydrogen) atoms. The van der Waals surface area contributed by atoms with E-state index in [0.29, 0.717) is 36.6 Å². The quantitative estimate of drug-likeness (QED) is 0.717. The van der Waals surface area contributed by atoms with E-state index in [1.165, 1.54) is 0 Å². The maximum absolute atomic E-state index is 12.5. The molecule has 7 heteroatoms. The number of imidazole rings is 1. The van der Waals surface area contributed by atoms with Crippen LogP contribution in [0.1, 0.15) is 23.3 Å². The third-order valence-electron chi connectivity index (χ3n) is 3.95. The van der Waals surface area contributed by atoms with Crippen molar-refractivity contribution in [2.24, 2.45) is 0 Å². The Hall–Kier alpha value is -3.09. The molecular weight excluding hydrogens is 306 g/mol. The fourth-order valence-electron chi connectivity index (χ4n) is 2.77. The number of hydrogen-bond donors (Lipinski definition) is 2. The van der Waals surface area contributed by atoms with Crippen molar-refractivity contribution in [2.75, 3.05) is 24.3 Å². The van der Waals surface area contributed by atoms with Crippen LogP contribution in [0.2, 0.25) is 0 Å². The average Bonchev–Trinajstić information content (AvgIpc) is 3.01. The molecule has 0 fully saturated rings. The number of Topliss-reactive ketones (excluding diaryl/α,β-unsaturated/α-hetero) is 1. The van der Waals surface area contributed by atoms with Gasteiger partial charge in [0.05, 0.1) is 18.5 Å². The van der Waals surface area contributed by atoms with E-state index in [0.717, 1.165) is 17.1 Å². The van der Waals surface area contributed by atoms with Gasteiger partial charge in [-0.05, 0) is 18.6 Å². The van der Waals surface area contributed by atoms with Crippen LogP contribution in [0.15, 0.2) is 36.5 Å². The highest BCUT2D eigenvalue weighted by Crippen LogP contribution is 2.25. The summed E-state index contributed by atoms with van der Waals surface area (Å²) in [7, 11) is 1.82. The summed E-state index contributed by atoms with van der Waals surface area (Å²) in [5.41, 5.74) is 2.78. The van der Waals surface area contributed by atoms with Gasteiger partial charge < -0.3 is 15.4 Å². The molecule has 1 aliphatic heterocycles. The van der Waals surface area contributed by atoms with E-state index in [2.05, 4.69) is 20.7 Å². The predicted octanol–water partition coefficient (Wildman–Crippen LogP) is 2.87. The van der Waals surface area contributed by atoms with E-state index in [1.54, 1.807) is 10.7 Å². The summed E-state index contributed by atoms with van der Waals surface area (Å²) in [5.74, 6) is 1.39. The van der Waals surface area contributed by atoms with Gasteiger partial charge in [0.25, 0.3) is 0 Å². The van der Waals surface area contributed by atoms with Crippen molar-refractivity contribution < 1.29 is 9.53 Å². The predicted molar refractivity (Wildman–Crippen MR) is 91.3 cm³/mol. The summed E-state index contributed by atoms with van der Waals surface area (Å²) in [4.78, 5) is 16.8. The monoisotopic (exact) mass is 323 g/mol. The van der Waals surface area contributed by atoms with Gasteiger partial charge in [0, 0.05) is 31.3 Å². The van der Waals surface area contributed by atoms with Crippen LogP contribution >= 0.6 is 0 Å². The van der Waals surface area contributed by atoms with Crippen LogP contribution in [0.25, 0.3) is 5.65 Å². The first-order valence-electron chi connectivity index (χ1n) is 7.84. The zero-order chi connectivity index (χ0) is 16.5. The van der Waals surface area contributed by atoms with Crippen LogP contribution in [0, 0.1) is 0 Å². The SMILES string of the molecule is CNc1cc2nn3c(cnc13)C(=O)CCCOc1cccc(c1)N2. The third kappa shape index (κ3) is 2.54. The Morgan fingerprint density at radius 1 is 1.33 bits per heavy atom. The molecule has 3 aromatic rings. The molecule has 4 bridgehead atoms. The first-order valence-corrected chi connectivity index (χ1v) is 7.84. The van der Waals surface area contributed by atoms with Gasteiger partial charge in [0.15, 0.2) is 17.2 Å². The number of anilines is 3. The van der Waals surface area contributed by atoms with Crippen LogP contribution in [-0.2, 0) is 0 Å². The van der Waals surface area contributed by atoms with Gasteiger partial charge >= 0.3 is 0 Å². The van der Waals surface area contributed by atoms with Gasteiger partial charge in [0.1, 0.15) is 11.4 Å². The molecule has 3 heterocycles. The van der Waals surface area contributed by atoms with E-state index in [9.17, 15) is 4.79 Å². The fourth-order valence-corrected chi connectivity index (χ4v) is 2.77. The number of benzene rings is 1. The lowest BCUT2D eigenvalue weighted by molar-refractivity contribution is 0.0966.